The Hall–Kier alpha value is -1.39. The molecule has 1 unspecified atom stereocenters. The smallest absolute Gasteiger partial charge is 0.240 e. The molecule has 4 heteroatoms. The minimum atomic E-state index is -0.745. The summed E-state index contributed by atoms with van der Waals surface area (Å²) in [4.78, 5) is 12.2. The number of carbonyl (C=O) groups is 1. The first-order chi connectivity index (χ1) is 9.51. The van der Waals surface area contributed by atoms with E-state index in [0.717, 1.165) is 43.2 Å². The van der Waals surface area contributed by atoms with Crippen LogP contribution in [-0.4, -0.2) is 23.1 Å². The van der Waals surface area contributed by atoms with Gasteiger partial charge in [-0.2, -0.15) is 0 Å². The molecule has 1 fully saturated rings. The monoisotopic (exact) mass is 276 g/mol. The molecule has 2 rings (SSSR count). The Morgan fingerprint density at radius 3 is 2.50 bits per heavy atom. The molecule has 1 saturated carbocycles. The number of aliphatic hydroxyl groups excluding tert-OH is 1. The number of nitrogens with two attached hydrogens (primary N) is 1. The van der Waals surface area contributed by atoms with Crippen LogP contribution in [0.5, 0.6) is 0 Å². The van der Waals surface area contributed by atoms with Crippen molar-refractivity contribution in [2.45, 2.75) is 50.7 Å². The van der Waals surface area contributed by atoms with Crippen molar-refractivity contribution in [1.82, 2.24) is 5.32 Å². The van der Waals surface area contributed by atoms with E-state index in [4.69, 9.17) is 5.73 Å². The molecule has 1 aromatic carbocycles. The fraction of sp³-hybridized carbons (Fsp3) is 0.562. The number of aliphatic hydroxyl groups is 1. The van der Waals surface area contributed by atoms with Gasteiger partial charge in [0.1, 0.15) is 0 Å². The van der Waals surface area contributed by atoms with Gasteiger partial charge in [0.25, 0.3) is 0 Å². The van der Waals surface area contributed by atoms with Crippen LogP contribution in [0.3, 0.4) is 0 Å². The number of rotatable bonds is 4. The molecule has 4 nitrogen and oxygen atoms in total. The van der Waals surface area contributed by atoms with Gasteiger partial charge in [-0.1, -0.05) is 49.1 Å². The topological polar surface area (TPSA) is 75.3 Å². The molecular weight excluding hydrogens is 252 g/mol. The van der Waals surface area contributed by atoms with Gasteiger partial charge in [0.15, 0.2) is 0 Å². The van der Waals surface area contributed by atoms with Crippen molar-refractivity contribution >= 4 is 5.91 Å². The van der Waals surface area contributed by atoms with Crippen LogP contribution < -0.4 is 11.1 Å². The number of amides is 1. The molecule has 0 heterocycles. The maximum Gasteiger partial charge on any atom is 0.240 e. The van der Waals surface area contributed by atoms with Crippen LogP contribution in [-0.2, 0) is 4.79 Å². The zero-order valence-electron chi connectivity index (χ0n) is 12.1. The molecule has 0 saturated heterocycles. The van der Waals surface area contributed by atoms with Crippen LogP contribution in [0.1, 0.15) is 49.3 Å². The van der Waals surface area contributed by atoms with Gasteiger partial charge in [-0.25, -0.2) is 0 Å². The zero-order chi connectivity index (χ0) is 14.6. The predicted molar refractivity (Wildman–Crippen MR) is 79.2 cm³/mol. The molecule has 1 amide bonds. The number of hydrogen-bond donors (Lipinski definition) is 3. The van der Waals surface area contributed by atoms with Crippen LogP contribution in [0.2, 0.25) is 0 Å². The van der Waals surface area contributed by atoms with Gasteiger partial charge in [0.05, 0.1) is 11.6 Å². The van der Waals surface area contributed by atoms with E-state index >= 15 is 0 Å². The normalized spacial score (nSPS) is 19.4. The summed E-state index contributed by atoms with van der Waals surface area (Å²) in [6, 6.07) is 7.66. The van der Waals surface area contributed by atoms with E-state index in [-0.39, 0.29) is 12.5 Å². The SMILES string of the molecule is Cc1ccc(C(O)CNC(=O)C2(N)CCCCC2)cc1. The summed E-state index contributed by atoms with van der Waals surface area (Å²) in [5, 5.41) is 12.9. The number of benzene rings is 1. The molecule has 0 aromatic heterocycles. The maximum absolute atomic E-state index is 12.2. The van der Waals surface area contributed by atoms with Crippen LogP contribution in [0.15, 0.2) is 24.3 Å². The molecule has 1 aliphatic rings. The first-order valence-electron chi connectivity index (χ1n) is 7.33. The van der Waals surface area contributed by atoms with Crippen molar-refractivity contribution in [1.29, 1.82) is 0 Å². The summed E-state index contributed by atoms with van der Waals surface area (Å²) >= 11 is 0. The number of carbonyl (C=O) groups excluding carboxylic acids is 1. The largest absolute Gasteiger partial charge is 0.387 e. The van der Waals surface area contributed by atoms with Crippen molar-refractivity contribution in [2.75, 3.05) is 6.54 Å². The van der Waals surface area contributed by atoms with E-state index in [1.807, 2.05) is 31.2 Å². The average Bonchev–Trinajstić information content (AvgIpc) is 2.46. The summed E-state index contributed by atoms with van der Waals surface area (Å²) in [5.41, 5.74) is 7.37. The molecule has 0 bridgehead atoms. The highest BCUT2D eigenvalue weighted by atomic mass is 16.3. The number of nitrogens with one attached hydrogen (secondary N) is 1. The lowest BCUT2D eigenvalue weighted by Crippen LogP contribution is -2.55. The van der Waals surface area contributed by atoms with Gasteiger partial charge in [-0.3, -0.25) is 4.79 Å². The Labute approximate surface area is 120 Å². The van der Waals surface area contributed by atoms with Crippen molar-refractivity contribution in [3.8, 4) is 0 Å². The first-order valence-corrected chi connectivity index (χ1v) is 7.33. The fourth-order valence-corrected chi connectivity index (χ4v) is 2.68. The Bertz CT molecular complexity index is 450. The number of aryl methyl sites for hydroxylation is 1. The highest BCUT2D eigenvalue weighted by Crippen LogP contribution is 2.26. The second-order valence-corrected chi connectivity index (χ2v) is 5.85. The standard InChI is InChI=1S/C16H24N2O2/c1-12-5-7-13(8-6-12)14(19)11-18-15(20)16(17)9-3-2-4-10-16/h5-8,14,19H,2-4,9-11,17H2,1H3,(H,18,20). The average molecular weight is 276 g/mol. The van der Waals surface area contributed by atoms with Crippen molar-refractivity contribution in [2.24, 2.45) is 5.73 Å². The highest BCUT2D eigenvalue weighted by Gasteiger charge is 2.35. The minimum absolute atomic E-state index is 0.136. The predicted octanol–water partition coefficient (Wildman–Crippen LogP) is 1.81. The molecule has 0 aliphatic heterocycles. The van der Waals surface area contributed by atoms with E-state index < -0.39 is 11.6 Å². The van der Waals surface area contributed by atoms with E-state index in [2.05, 4.69) is 5.32 Å². The lowest BCUT2D eigenvalue weighted by Gasteiger charge is -2.32. The first kappa shape index (κ1) is 15.0. The molecule has 1 aromatic rings. The Morgan fingerprint density at radius 1 is 1.30 bits per heavy atom. The van der Waals surface area contributed by atoms with E-state index in [1.165, 1.54) is 0 Å². The summed E-state index contributed by atoms with van der Waals surface area (Å²) < 4.78 is 0. The quantitative estimate of drug-likeness (QED) is 0.785. The summed E-state index contributed by atoms with van der Waals surface area (Å²) in [6.07, 6.45) is 3.94. The molecule has 0 spiro atoms. The van der Waals surface area contributed by atoms with E-state index in [1.54, 1.807) is 0 Å². The summed E-state index contributed by atoms with van der Waals surface area (Å²) in [7, 11) is 0. The molecule has 1 aliphatic carbocycles. The summed E-state index contributed by atoms with van der Waals surface area (Å²) in [5.74, 6) is -0.136. The Morgan fingerprint density at radius 2 is 1.90 bits per heavy atom. The second-order valence-electron chi connectivity index (χ2n) is 5.85. The van der Waals surface area contributed by atoms with Crippen molar-refractivity contribution in [3.63, 3.8) is 0 Å². The van der Waals surface area contributed by atoms with Gasteiger partial charge >= 0.3 is 0 Å². The minimum Gasteiger partial charge on any atom is -0.387 e. The van der Waals surface area contributed by atoms with Gasteiger partial charge in [-0.05, 0) is 25.3 Å². The third-order valence-corrected chi connectivity index (χ3v) is 4.12. The molecule has 110 valence electrons. The molecule has 1 atom stereocenters. The van der Waals surface area contributed by atoms with Crippen LogP contribution in [0.25, 0.3) is 0 Å². The lowest BCUT2D eigenvalue weighted by atomic mass is 9.82. The molecule has 4 N–H and O–H groups in total. The number of hydrogen-bond acceptors (Lipinski definition) is 3. The van der Waals surface area contributed by atoms with Gasteiger partial charge < -0.3 is 16.2 Å². The Balaban J connectivity index is 1.88. The van der Waals surface area contributed by atoms with Crippen molar-refractivity contribution < 1.29 is 9.90 Å². The van der Waals surface area contributed by atoms with Crippen LogP contribution >= 0.6 is 0 Å². The van der Waals surface area contributed by atoms with Gasteiger partial charge in [0.2, 0.25) is 5.91 Å². The molecule has 0 radical (unpaired) electrons. The van der Waals surface area contributed by atoms with Crippen molar-refractivity contribution in [3.05, 3.63) is 35.4 Å². The second kappa shape index (κ2) is 6.37. The van der Waals surface area contributed by atoms with E-state index in [9.17, 15) is 9.90 Å². The Kier molecular flexibility index (Phi) is 4.78. The third kappa shape index (κ3) is 3.58. The van der Waals surface area contributed by atoms with E-state index in [0.29, 0.717) is 0 Å². The lowest BCUT2D eigenvalue weighted by molar-refractivity contribution is -0.128. The third-order valence-electron chi connectivity index (χ3n) is 4.12. The fourth-order valence-electron chi connectivity index (χ4n) is 2.68. The highest BCUT2D eigenvalue weighted by molar-refractivity contribution is 5.86. The molecule has 20 heavy (non-hydrogen) atoms. The van der Waals surface area contributed by atoms with Crippen LogP contribution in [0, 0.1) is 6.92 Å². The van der Waals surface area contributed by atoms with Gasteiger partial charge in [-0.15, -0.1) is 0 Å². The van der Waals surface area contributed by atoms with Crippen LogP contribution in [0.4, 0.5) is 0 Å². The summed E-state index contributed by atoms with van der Waals surface area (Å²) in [6.45, 7) is 2.21. The van der Waals surface area contributed by atoms with Gasteiger partial charge in [0, 0.05) is 6.54 Å². The molecular formula is C16H24N2O2. The maximum atomic E-state index is 12.2. The zero-order valence-corrected chi connectivity index (χ0v) is 12.1.